The molecule has 0 amide bonds. The number of carboxylic acid groups (broad SMARTS) is 2. The van der Waals surface area contributed by atoms with Gasteiger partial charge in [0.2, 0.25) is 0 Å². The number of unbranched alkanes of at least 4 members (excludes halogenated alkanes) is 3. The van der Waals surface area contributed by atoms with Gasteiger partial charge in [-0.1, -0.05) is 40.0 Å². The highest BCUT2D eigenvalue weighted by atomic mass is 31.2. The first kappa shape index (κ1) is 23.6. The largest absolute Gasteiger partial charge is 0.550 e. The lowest BCUT2D eigenvalue weighted by molar-refractivity contribution is -0.302. The molecule has 0 saturated heterocycles. The number of carbonyl (C=O) groups excluding carboxylic acids is 1. The summed E-state index contributed by atoms with van der Waals surface area (Å²) in [6.45, 7) is 7.70. The van der Waals surface area contributed by atoms with Crippen LogP contribution in [0.1, 0.15) is 72.6 Å². The lowest BCUT2D eigenvalue weighted by atomic mass is 10.4. The van der Waals surface area contributed by atoms with Crippen LogP contribution in [-0.2, 0) is 9.59 Å². The van der Waals surface area contributed by atoms with Crippen LogP contribution in [0.2, 0.25) is 0 Å². The van der Waals surface area contributed by atoms with E-state index in [1.54, 1.807) is 0 Å². The van der Waals surface area contributed by atoms with Crippen molar-refractivity contribution in [3.8, 4) is 0 Å². The Kier molecular flexibility index (Phi) is 16.4. The van der Waals surface area contributed by atoms with Crippen molar-refractivity contribution in [3.05, 3.63) is 0 Å². The Morgan fingerprint density at radius 1 is 0.864 bits per heavy atom. The highest BCUT2D eigenvalue weighted by Crippen LogP contribution is 2.61. The third-order valence-corrected chi connectivity index (χ3v) is 8.73. The molecule has 0 bridgehead atoms. The smallest absolute Gasteiger partial charge is 0.307 e. The van der Waals surface area contributed by atoms with Gasteiger partial charge >= 0.3 is 5.97 Å². The molecule has 0 saturated carbocycles. The van der Waals surface area contributed by atoms with Gasteiger partial charge in [-0.2, -0.15) is 0 Å². The van der Waals surface area contributed by atoms with Gasteiger partial charge < -0.3 is 15.0 Å². The number of rotatable bonds is 12. The molecule has 0 aliphatic heterocycles. The highest BCUT2D eigenvalue weighted by Gasteiger charge is 2.35. The lowest BCUT2D eigenvalue weighted by Crippen LogP contribution is -2.16. The fraction of sp³-hybridized carbons (Fsp3) is 0.882. The van der Waals surface area contributed by atoms with Crippen LogP contribution in [0.4, 0.5) is 0 Å². The molecular weight excluding hydrogens is 299 g/mol. The third-order valence-electron chi connectivity index (χ3n) is 3.76. The molecule has 0 unspecified atom stereocenters. The summed E-state index contributed by atoms with van der Waals surface area (Å²) >= 11 is 0. The summed E-state index contributed by atoms with van der Waals surface area (Å²) in [5, 5.41) is 17.9. The van der Waals surface area contributed by atoms with Gasteiger partial charge in [-0.25, -0.2) is 0 Å². The van der Waals surface area contributed by atoms with Crippen molar-refractivity contribution in [1.82, 2.24) is 0 Å². The molecule has 4 nitrogen and oxygen atoms in total. The number of aliphatic carboxylic acids is 2. The molecule has 0 heterocycles. The van der Waals surface area contributed by atoms with E-state index < -0.39 is 19.2 Å². The van der Waals surface area contributed by atoms with Gasteiger partial charge in [0.05, 0.1) is 31.1 Å². The van der Waals surface area contributed by atoms with E-state index in [-0.39, 0.29) is 0 Å². The fourth-order valence-electron chi connectivity index (χ4n) is 2.48. The van der Waals surface area contributed by atoms with E-state index >= 15 is 0 Å². The zero-order valence-electron chi connectivity index (χ0n) is 14.9. The first-order chi connectivity index (χ1) is 10.3. The molecule has 0 aromatic heterocycles. The molecule has 0 fully saturated rings. The van der Waals surface area contributed by atoms with Gasteiger partial charge in [-0.15, -0.1) is 0 Å². The van der Waals surface area contributed by atoms with E-state index in [4.69, 9.17) is 15.0 Å². The molecule has 0 aromatic rings. The molecule has 1 N–H and O–H groups in total. The van der Waals surface area contributed by atoms with Crippen molar-refractivity contribution >= 4 is 19.2 Å². The quantitative estimate of drug-likeness (QED) is 0.553. The second kappa shape index (κ2) is 15.3. The van der Waals surface area contributed by atoms with Crippen molar-refractivity contribution in [1.29, 1.82) is 0 Å². The molecule has 0 radical (unpaired) electrons. The predicted molar refractivity (Wildman–Crippen MR) is 94.0 cm³/mol. The SMILES string of the molecule is CC(=O)[O-].CCCC[P+](CCCC)(CCCC)CCC(=O)O. The molecular formula is C17H35O4P. The lowest BCUT2D eigenvalue weighted by Gasteiger charge is -2.27. The average Bonchev–Trinajstić information content (AvgIpc) is 2.45. The minimum absolute atomic E-state index is 0.394. The number of hydrogen-bond acceptors (Lipinski definition) is 3. The van der Waals surface area contributed by atoms with Crippen molar-refractivity contribution in [2.24, 2.45) is 0 Å². The second-order valence-electron chi connectivity index (χ2n) is 5.93. The van der Waals surface area contributed by atoms with Crippen molar-refractivity contribution in [2.45, 2.75) is 72.6 Å². The summed E-state index contributed by atoms with van der Waals surface area (Å²) in [4.78, 5) is 19.8. The first-order valence-electron chi connectivity index (χ1n) is 8.58. The first-order valence-corrected chi connectivity index (χ1v) is 11.1. The summed E-state index contributed by atoms with van der Waals surface area (Å²) < 4.78 is 0. The van der Waals surface area contributed by atoms with E-state index in [2.05, 4.69) is 20.8 Å². The van der Waals surface area contributed by atoms with Crippen LogP contribution >= 0.6 is 7.26 Å². The van der Waals surface area contributed by atoms with Gasteiger partial charge in [0.1, 0.15) is 0 Å². The molecule has 0 spiro atoms. The Labute approximate surface area is 137 Å². The molecule has 0 aliphatic carbocycles. The monoisotopic (exact) mass is 334 g/mol. The van der Waals surface area contributed by atoms with E-state index in [1.807, 2.05) is 0 Å². The van der Waals surface area contributed by atoms with Crippen LogP contribution in [0.5, 0.6) is 0 Å². The highest BCUT2D eigenvalue weighted by molar-refractivity contribution is 7.75. The summed E-state index contributed by atoms with van der Waals surface area (Å²) in [5.74, 6) is -1.69. The maximum Gasteiger partial charge on any atom is 0.307 e. The van der Waals surface area contributed by atoms with Crippen molar-refractivity contribution in [3.63, 3.8) is 0 Å². The minimum Gasteiger partial charge on any atom is -0.550 e. The number of hydrogen-bond donors (Lipinski definition) is 1. The summed E-state index contributed by atoms with van der Waals surface area (Å²) in [6, 6.07) is 0. The Bertz CT molecular complexity index is 267. The minimum atomic E-state index is -1.08. The van der Waals surface area contributed by atoms with Crippen molar-refractivity contribution in [2.75, 3.05) is 24.6 Å². The standard InChI is InChI=1S/C15H31O2P.C2H4O2/c1-4-7-11-18(12-8-5-2,13-9-6-3)14-10-15(16)17;1-2(3)4/h4-14H2,1-3H3;1H3,(H,3,4). The average molecular weight is 334 g/mol. The molecule has 0 rings (SSSR count). The van der Waals surface area contributed by atoms with E-state index in [0.29, 0.717) is 6.42 Å². The van der Waals surface area contributed by atoms with Gasteiger partial charge in [-0.3, -0.25) is 4.79 Å². The Morgan fingerprint density at radius 3 is 1.41 bits per heavy atom. The number of carboxylic acids is 2. The van der Waals surface area contributed by atoms with Crippen LogP contribution in [-0.4, -0.2) is 41.7 Å². The van der Waals surface area contributed by atoms with Gasteiger partial charge in [0.25, 0.3) is 0 Å². The fourth-order valence-corrected chi connectivity index (χ4v) is 7.45. The van der Waals surface area contributed by atoms with Crippen molar-refractivity contribution < 1.29 is 19.8 Å². The third kappa shape index (κ3) is 15.8. The predicted octanol–water partition coefficient (Wildman–Crippen LogP) is 3.64. The van der Waals surface area contributed by atoms with E-state index in [0.717, 1.165) is 13.1 Å². The maximum absolute atomic E-state index is 10.9. The van der Waals surface area contributed by atoms with E-state index in [1.165, 1.54) is 57.0 Å². The zero-order valence-corrected chi connectivity index (χ0v) is 15.8. The summed E-state index contributed by atoms with van der Waals surface area (Å²) in [5.41, 5.74) is 0. The normalized spacial score (nSPS) is 10.7. The summed E-state index contributed by atoms with van der Waals surface area (Å²) in [6.07, 6.45) is 13.0. The molecule has 0 aliphatic rings. The zero-order chi connectivity index (χ0) is 17.4. The van der Waals surface area contributed by atoms with Crippen LogP contribution in [0, 0.1) is 0 Å². The second-order valence-corrected chi connectivity index (χ2v) is 10.4. The maximum atomic E-state index is 10.9. The van der Waals surface area contributed by atoms with Gasteiger partial charge in [-0.05, 0) is 26.2 Å². The molecule has 0 atom stereocenters. The topological polar surface area (TPSA) is 77.4 Å². The Morgan fingerprint density at radius 2 is 1.18 bits per heavy atom. The molecule has 22 heavy (non-hydrogen) atoms. The van der Waals surface area contributed by atoms with Crippen LogP contribution in [0.25, 0.3) is 0 Å². The Hall–Kier alpha value is -0.630. The van der Waals surface area contributed by atoms with Gasteiger partial charge in [0.15, 0.2) is 0 Å². The number of carbonyl (C=O) groups is 2. The van der Waals surface area contributed by atoms with Crippen LogP contribution in [0.15, 0.2) is 0 Å². The van der Waals surface area contributed by atoms with Crippen LogP contribution in [0.3, 0.4) is 0 Å². The molecule has 0 aromatic carbocycles. The molecule has 5 heteroatoms. The van der Waals surface area contributed by atoms with Crippen LogP contribution < -0.4 is 5.11 Å². The molecule has 132 valence electrons. The van der Waals surface area contributed by atoms with E-state index in [9.17, 15) is 4.79 Å². The summed E-state index contributed by atoms with van der Waals surface area (Å²) in [7, 11) is -0.980. The Balaban J connectivity index is 0. The van der Waals surface area contributed by atoms with Gasteiger partial charge in [0, 0.05) is 13.2 Å².